The van der Waals surface area contributed by atoms with Gasteiger partial charge in [0.25, 0.3) is 0 Å². The Labute approximate surface area is 127 Å². The number of hydrogen-bond acceptors (Lipinski definition) is 5. The molecule has 5 nitrogen and oxygen atoms in total. The minimum absolute atomic E-state index is 0.0493. The number of rotatable bonds is 6. The van der Waals surface area contributed by atoms with Gasteiger partial charge in [-0.1, -0.05) is 6.07 Å². The fourth-order valence-corrected chi connectivity index (χ4v) is 2.90. The summed E-state index contributed by atoms with van der Waals surface area (Å²) in [7, 11) is 7.60. The Morgan fingerprint density at radius 3 is 2.67 bits per heavy atom. The Morgan fingerprint density at radius 1 is 1.33 bits per heavy atom. The summed E-state index contributed by atoms with van der Waals surface area (Å²) in [6, 6.07) is 6.41. The lowest BCUT2D eigenvalue weighted by Crippen LogP contribution is -2.35. The van der Waals surface area contributed by atoms with Crippen molar-refractivity contribution >= 4 is 0 Å². The molecule has 1 fully saturated rings. The molecule has 1 aliphatic heterocycles. The fraction of sp³-hybridized carbons (Fsp3) is 0.625. The van der Waals surface area contributed by atoms with Crippen LogP contribution >= 0.6 is 0 Å². The number of likely N-dealkylation sites (tertiary alicyclic amines) is 1. The van der Waals surface area contributed by atoms with Crippen molar-refractivity contribution in [3.63, 3.8) is 0 Å². The second kappa shape index (κ2) is 7.11. The molecule has 0 saturated carbocycles. The van der Waals surface area contributed by atoms with E-state index in [-0.39, 0.29) is 6.04 Å². The van der Waals surface area contributed by atoms with Crippen molar-refractivity contribution in [3.05, 3.63) is 23.8 Å². The third kappa shape index (κ3) is 3.87. The lowest BCUT2D eigenvalue weighted by molar-refractivity contribution is 0.259. The highest BCUT2D eigenvalue weighted by atomic mass is 16.5. The predicted octanol–water partition coefficient (Wildman–Crippen LogP) is 1.34. The van der Waals surface area contributed by atoms with Gasteiger partial charge in [-0.3, -0.25) is 4.90 Å². The summed E-state index contributed by atoms with van der Waals surface area (Å²) in [5.41, 5.74) is 7.42. The quantitative estimate of drug-likeness (QED) is 0.858. The number of likely N-dealkylation sites (N-methyl/N-ethyl adjacent to an activating group) is 1. The zero-order valence-corrected chi connectivity index (χ0v) is 13.5. The SMILES string of the molecule is COc1ccc(C(N)CN2CCC(N(C)C)C2)c(OC)c1. The molecule has 0 aromatic heterocycles. The molecule has 2 N–H and O–H groups in total. The predicted molar refractivity (Wildman–Crippen MR) is 85.0 cm³/mol. The van der Waals surface area contributed by atoms with Gasteiger partial charge in [-0.2, -0.15) is 0 Å². The molecule has 2 unspecified atom stereocenters. The van der Waals surface area contributed by atoms with Crippen LogP contribution in [0.1, 0.15) is 18.0 Å². The van der Waals surface area contributed by atoms with E-state index in [0.717, 1.165) is 36.7 Å². The van der Waals surface area contributed by atoms with Gasteiger partial charge >= 0.3 is 0 Å². The number of hydrogen-bond donors (Lipinski definition) is 1. The smallest absolute Gasteiger partial charge is 0.127 e. The molecule has 1 aromatic carbocycles. The summed E-state index contributed by atoms with van der Waals surface area (Å²) in [5.74, 6) is 1.59. The van der Waals surface area contributed by atoms with Crippen molar-refractivity contribution in [3.8, 4) is 11.5 Å². The molecular formula is C16H27N3O2. The molecule has 0 radical (unpaired) electrons. The van der Waals surface area contributed by atoms with E-state index in [0.29, 0.717) is 6.04 Å². The van der Waals surface area contributed by atoms with E-state index in [2.05, 4.69) is 23.9 Å². The molecule has 21 heavy (non-hydrogen) atoms. The molecule has 0 amide bonds. The standard InChI is InChI=1S/C16H27N3O2/c1-18(2)12-7-8-19(10-12)11-15(17)14-6-5-13(20-3)9-16(14)21-4/h5-6,9,12,15H,7-8,10-11,17H2,1-4H3. The minimum Gasteiger partial charge on any atom is -0.497 e. The molecule has 5 heteroatoms. The third-order valence-electron chi connectivity index (χ3n) is 4.27. The van der Waals surface area contributed by atoms with E-state index in [1.54, 1.807) is 14.2 Å². The van der Waals surface area contributed by atoms with Crippen LogP contribution in [0.15, 0.2) is 18.2 Å². The lowest BCUT2D eigenvalue weighted by Gasteiger charge is -2.24. The number of nitrogens with zero attached hydrogens (tertiary/aromatic N) is 2. The molecule has 1 aromatic rings. The first-order valence-corrected chi connectivity index (χ1v) is 7.41. The Morgan fingerprint density at radius 2 is 2.10 bits per heavy atom. The van der Waals surface area contributed by atoms with E-state index >= 15 is 0 Å². The zero-order valence-electron chi connectivity index (χ0n) is 13.5. The summed E-state index contributed by atoms with van der Waals surface area (Å²) in [6.07, 6.45) is 1.21. The summed E-state index contributed by atoms with van der Waals surface area (Å²) in [4.78, 5) is 4.72. The number of nitrogens with two attached hydrogens (primary N) is 1. The Bertz CT molecular complexity index is 465. The topological polar surface area (TPSA) is 51.0 Å². The first-order valence-electron chi connectivity index (χ1n) is 7.41. The number of methoxy groups -OCH3 is 2. The van der Waals surface area contributed by atoms with Crippen LogP contribution in [0.2, 0.25) is 0 Å². The van der Waals surface area contributed by atoms with E-state index in [4.69, 9.17) is 15.2 Å². The Balaban J connectivity index is 2.02. The monoisotopic (exact) mass is 293 g/mol. The average Bonchev–Trinajstić information content (AvgIpc) is 2.95. The summed E-state index contributed by atoms with van der Waals surface area (Å²) >= 11 is 0. The van der Waals surface area contributed by atoms with Crippen LogP contribution in [-0.4, -0.2) is 63.8 Å². The van der Waals surface area contributed by atoms with E-state index < -0.39 is 0 Å². The number of ether oxygens (including phenoxy) is 2. The molecule has 0 spiro atoms. The molecular weight excluding hydrogens is 266 g/mol. The van der Waals surface area contributed by atoms with Gasteiger partial charge in [0, 0.05) is 36.8 Å². The highest BCUT2D eigenvalue weighted by molar-refractivity contribution is 5.42. The highest BCUT2D eigenvalue weighted by Gasteiger charge is 2.26. The normalized spacial score (nSPS) is 20.8. The molecule has 0 aliphatic carbocycles. The van der Waals surface area contributed by atoms with E-state index in [1.165, 1.54) is 6.42 Å². The fourth-order valence-electron chi connectivity index (χ4n) is 2.90. The maximum Gasteiger partial charge on any atom is 0.127 e. The van der Waals surface area contributed by atoms with Crippen LogP contribution in [0.5, 0.6) is 11.5 Å². The molecule has 118 valence electrons. The second-order valence-corrected chi connectivity index (χ2v) is 5.88. The van der Waals surface area contributed by atoms with Crippen LogP contribution in [0, 0.1) is 0 Å². The van der Waals surface area contributed by atoms with Gasteiger partial charge in [-0.05, 0) is 33.1 Å². The van der Waals surface area contributed by atoms with Crippen LogP contribution in [0.4, 0.5) is 0 Å². The molecule has 0 bridgehead atoms. The lowest BCUT2D eigenvalue weighted by atomic mass is 10.1. The van der Waals surface area contributed by atoms with E-state index in [1.807, 2.05) is 18.2 Å². The molecule has 1 aliphatic rings. The van der Waals surface area contributed by atoms with Crippen molar-refractivity contribution in [1.29, 1.82) is 0 Å². The first kappa shape index (κ1) is 16.1. The second-order valence-electron chi connectivity index (χ2n) is 5.88. The van der Waals surface area contributed by atoms with Gasteiger partial charge in [0.05, 0.1) is 14.2 Å². The van der Waals surface area contributed by atoms with Gasteiger partial charge < -0.3 is 20.1 Å². The minimum atomic E-state index is -0.0493. The molecule has 1 heterocycles. The van der Waals surface area contributed by atoms with Crippen molar-refractivity contribution < 1.29 is 9.47 Å². The Kier molecular flexibility index (Phi) is 5.45. The third-order valence-corrected chi connectivity index (χ3v) is 4.27. The van der Waals surface area contributed by atoms with Crippen LogP contribution in [0.3, 0.4) is 0 Å². The van der Waals surface area contributed by atoms with Gasteiger partial charge in [0.2, 0.25) is 0 Å². The Hall–Kier alpha value is -1.30. The first-order chi connectivity index (χ1) is 10.0. The summed E-state index contributed by atoms with van der Waals surface area (Å²) in [5, 5.41) is 0. The maximum absolute atomic E-state index is 6.39. The van der Waals surface area contributed by atoms with Crippen LogP contribution in [-0.2, 0) is 0 Å². The molecule has 2 rings (SSSR count). The van der Waals surface area contributed by atoms with Crippen LogP contribution in [0.25, 0.3) is 0 Å². The van der Waals surface area contributed by atoms with Crippen molar-refractivity contribution in [2.45, 2.75) is 18.5 Å². The summed E-state index contributed by atoms with van der Waals surface area (Å²) in [6.45, 7) is 3.04. The van der Waals surface area contributed by atoms with Crippen molar-refractivity contribution in [1.82, 2.24) is 9.80 Å². The van der Waals surface area contributed by atoms with Gasteiger partial charge in [0.1, 0.15) is 11.5 Å². The van der Waals surface area contributed by atoms with Crippen LogP contribution < -0.4 is 15.2 Å². The van der Waals surface area contributed by atoms with Gasteiger partial charge in [-0.15, -0.1) is 0 Å². The summed E-state index contributed by atoms with van der Waals surface area (Å²) < 4.78 is 10.7. The molecule has 1 saturated heterocycles. The van der Waals surface area contributed by atoms with Crippen molar-refractivity contribution in [2.75, 3.05) is 47.9 Å². The van der Waals surface area contributed by atoms with Gasteiger partial charge in [-0.25, -0.2) is 0 Å². The maximum atomic E-state index is 6.39. The zero-order chi connectivity index (χ0) is 15.4. The van der Waals surface area contributed by atoms with Gasteiger partial charge in [0.15, 0.2) is 0 Å². The highest BCUT2D eigenvalue weighted by Crippen LogP contribution is 2.29. The largest absolute Gasteiger partial charge is 0.497 e. The molecule has 2 atom stereocenters. The van der Waals surface area contributed by atoms with E-state index in [9.17, 15) is 0 Å². The number of benzene rings is 1. The average molecular weight is 293 g/mol. The van der Waals surface area contributed by atoms with Crippen molar-refractivity contribution in [2.24, 2.45) is 5.73 Å².